The molecule has 0 heteroatoms. The third-order valence-electron chi connectivity index (χ3n) is 3.23. The molecule has 1 atom stereocenters. The number of rotatable bonds is 0. The second-order valence-corrected chi connectivity index (χ2v) is 5.75. The molecule has 0 heterocycles. The molecule has 0 aromatic heterocycles. The van der Waals surface area contributed by atoms with Crippen LogP contribution >= 0.6 is 0 Å². The van der Waals surface area contributed by atoms with Gasteiger partial charge in [0.05, 0.1) is 0 Å². The fraction of sp³-hybridized carbons (Fsp3) is 0.500. The zero-order valence-corrected chi connectivity index (χ0v) is 11.2. The van der Waals surface area contributed by atoms with Gasteiger partial charge in [0.1, 0.15) is 0 Å². The first-order chi connectivity index (χ1) is 7.41. The Morgan fingerprint density at radius 2 is 1.50 bits per heavy atom. The van der Waals surface area contributed by atoms with Crippen molar-refractivity contribution in [3.63, 3.8) is 0 Å². The van der Waals surface area contributed by atoms with Crippen molar-refractivity contribution < 1.29 is 0 Å². The van der Waals surface area contributed by atoms with Crippen molar-refractivity contribution in [2.24, 2.45) is 17.3 Å². The first-order valence-electron chi connectivity index (χ1n) is 6.11. The minimum Gasteiger partial charge on any atom is -0.0776 e. The van der Waals surface area contributed by atoms with Crippen LogP contribution in [0.2, 0.25) is 0 Å². The van der Waals surface area contributed by atoms with Crippen LogP contribution in [0.15, 0.2) is 48.1 Å². The fourth-order valence-electron chi connectivity index (χ4n) is 1.69. The Kier molecular flexibility index (Phi) is 4.35. The van der Waals surface area contributed by atoms with E-state index in [2.05, 4.69) is 77.2 Å². The third-order valence-corrected chi connectivity index (χ3v) is 3.23. The summed E-state index contributed by atoms with van der Waals surface area (Å²) in [5.41, 5.74) is 1.88. The van der Waals surface area contributed by atoms with Crippen LogP contribution in [0.3, 0.4) is 0 Å². The molecule has 2 aliphatic rings. The van der Waals surface area contributed by atoms with Crippen molar-refractivity contribution in [3.05, 3.63) is 48.1 Å². The zero-order valence-electron chi connectivity index (χ0n) is 11.2. The lowest BCUT2D eigenvalue weighted by molar-refractivity contribution is 0.346. The van der Waals surface area contributed by atoms with Gasteiger partial charge in [0, 0.05) is 5.92 Å². The Labute approximate surface area is 100 Å². The molecule has 2 aliphatic carbocycles. The summed E-state index contributed by atoms with van der Waals surface area (Å²) in [6.45, 7) is 11.1. The largest absolute Gasteiger partial charge is 0.0776 e. The predicted molar refractivity (Wildman–Crippen MR) is 73.3 cm³/mol. The molecular weight excluding hydrogens is 192 g/mol. The summed E-state index contributed by atoms with van der Waals surface area (Å²) in [4.78, 5) is 0. The van der Waals surface area contributed by atoms with Gasteiger partial charge in [-0.15, -0.1) is 0 Å². The highest BCUT2D eigenvalue weighted by Crippen LogP contribution is 2.30. The van der Waals surface area contributed by atoms with Gasteiger partial charge in [-0.3, -0.25) is 0 Å². The first kappa shape index (κ1) is 13.0. The molecule has 0 aromatic rings. The normalized spacial score (nSPS) is 23.3. The Bertz CT molecular complexity index is 320. The van der Waals surface area contributed by atoms with E-state index in [0.717, 1.165) is 0 Å². The van der Waals surface area contributed by atoms with Crippen LogP contribution in [-0.2, 0) is 0 Å². The molecule has 0 spiro atoms. The van der Waals surface area contributed by atoms with Gasteiger partial charge >= 0.3 is 0 Å². The van der Waals surface area contributed by atoms with Crippen LogP contribution in [0, 0.1) is 17.3 Å². The van der Waals surface area contributed by atoms with Gasteiger partial charge in [-0.2, -0.15) is 0 Å². The van der Waals surface area contributed by atoms with E-state index >= 15 is 0 Å². The minimum absolute atomic E-state index is 0.406. The molecule has 0 bridgehead atoms. The van der Waals surface area contributed by atoms with E-state index in [1.807, 2.05) is 0 Å². The van der Waals surface area contributed by atoms with Crippen LogP contribution in [0.4, 0.5) is 0 Å². The SMILES string of the molecule is CC(C)(C)C1C=CC=C1.CC1=CC=CC1C. The molecule has 88 valence electrons. The van der Waals surface area contributed by atoms with E-state index in [1.54, 1.807) is 0 Å². The summed E-state index contributed by atoms with van der Waals surface area (Å²) in [7, 11) is 0. The summed E-state index contributed by atoms with van der Waals surface area (Å²) in [5, 5.41) is 0. The van der Waals surface area contributed by atoms with Crippen LogP contribution in [-0.4, -0.2) is 0 Å². The quantitative estimate of drug-likeness (QED) is 0.539. The number of hydrogen-bond donors (Lipinski definition) is 0. The van der Waals surface area contributed by atoms with E-state index in [9.17, 15) is 0 Å². The monoisotopic (exact) mass is 216 g/mol. The molecule has 1 unspecified atom stereocenters. The van der Waals surface area contributed by atoms with Crippen molar-refractivity contribution >= 4 is 0 Å². The molecule has 2 rings (SSSR count). The van der Waals surface area contributed by atoms with Gasteiger partial charge in [0.2, 0.25) is 0 Å². The van der Waals surface area contributed by atoms with Gasteiger partial charge in [0.25, 0.3) is 0 Å². The summed E-state index contributed by atoms with van der Waals surface area (Å²) in [5.74, 6) is 1.34. The average molecular weight is 216 g/mol. The lowest BCUT2D eigenvalue weighted by Gasteiger charge is -2.23. The maximum atomic E-state index is 2.26. The molecule has 0 radical (unpaired) electrons. The Hall–Kier alpha value is -1.04. The summed E-state index contributed by atoms with van der Waals surface area (Å²) < 4.78 is 0. The third kappa shape index (κ3) is 3.84. The summed E-state index contributed by atoms with van der Waals surface area (Å²) >= 11 is 0. The summed E-state index contributed by atoms with van der Waals surface area (Å²) in [6, 6.07) is 0. The van der Waals surface area contributed by atoms with E-state index < -0.39 is 0 Å². The number of allylic oxidation sites excluding steroid dienone is 8. The molecule has 0 amide bonds. The van der Waals surface area contributed by atoms with E-state index in [4.69, 9.17) is 0 Å². The highest BCUT2D eigenvalue weighted by molar-refractivity contribution is 5.24. The first-order valence-corrected chi connectivity index (χ1v) is 6.11. The Morgan fingerprint density at radius 3 is 1.69 bits per heavy atom. The lowest BCUT2D eigenvalue weighted by atomic mass is 9.82. The van der Waals surface area contributed by atoms with Gasteiger partial charge in [-0.25, -0.2) is 0 Å². The van der Waals surface area contributed by atoms with Crippen molar-refractivity contribution in [3.8, 4) is 0 Å². The maximum Gasteiger partial charge on any atom is 0.000136 e. The molecule has 16 heavy (non-hydrogen) atoms. The fourth-order valence-corrected chi connectivity index (χ4v) is 1.69. The zero-order chi connectivity index (χ0) is 12.2. The lowest BCUT2D eigenvalue weighted by Crippen LogP contribution is -2.14. The van der Waals surface area contributed by atoms with Crippen molar-refractivity contribution in [2.45, 2.75) is 34.6 Å². The highest BCUT2D eigenvalue weighted by atomic mass is 14.2. The molecule has 0 aliphatic heterocycles. The topological polar surface area (TPSA) is 0 Å². The van der Waals surface area contributed by atoms with Crippen LogP contribution in [0.25, 0.3) is 0 Å². The molecule has 0 nitrogen and oxygen atoms in total. The van der Waals surface area contributed by atoms with Gasteiger partial charge < -0.3 is 0 Å². The predicted octanol–water partition coefficient (Wildman–Crippen LogP) is 4.91. The number of hydrogen-bond acceptors (Lipinski definition) is 0. The van der Waals surface area contributed by atoms with Crippen molar-refractivity contribution in [1.29, 1.82) is 0 Å². The second-order valence-electron chi connectivity index (χ2n) is 5.75. The standard InChI is InChI=1S/C9H14.C7H10/c1-9(2,3)8-6-4-5-7-8;1-6-4-3-5-7(6)2/h4-8H,1-3H3;3-6H,1-2H3. The second kappa shape index (κ2) is 5.34. The van der Waals surface area contributed by atoms with Crippen LogP contribution < -0.4 is 0 Å². The van der Waals surface area contributed by atoms with E-state index in [0.29, 0.717) is 17.3 Å². The van der Waals surface area contributed by atoms with Gasteiger partial charge in [0.15, 0.2) is 0 Å². The molecule has 0 fully saturated rings. The molecule has 0 aromatic carbocycles. The Morgan fingerprint density at radius 1 is 0.938 bits per heavy atom. The van der Waals surface area contributed by atoms with E-state index in [-0.39, 0.29) is 0 Å². The minimum atomic E-state index is 0.406. The maximum absolute atomic E-state index is 2.26. The van der Waals surface area contributed by atoms with Gasteiger partial charge in [-0.1, -0.05) is 75.8 Å². The average Bonchev–Trinajstić information content (AvgIpc) is 2.78. The van der Waals surface area contributed by atoms with Crippen molar-refractivity contribution in [2.75, 3.05) is 0 Å². The highest BCUT2D eigenvalue weighted by Gasteiger charge is 2.20. The molecule has 0 saturated heterocycles. The van der Waals surface area contributed by atoms with Crippen LogP contribution in [0.5, 0.6) is 0 Å². The molecular formula is C16H24. The van der Waals surface area contributed by atoms with Gasteiger partial charge in [-0.05, 0) is 18.3 Å². The van der Waals surface area contributed by atoms with Crippen LogP contribution in [0.1, 0.15) is 34.6 Å². The van der Waals surface area contributed by atoms with Crippen molar-refractivity contribution in [1.82, 2.24) is 0 Å². The smallest absolute Gasteiger partial charge is 0.000136 e. The molecule has 0 saturated carbocycles. The molecule has 0 N–H and O–H groups in total. The Balaban J connectivity index is 0.000000165. The summed E-state index contributed by atoms with van der Waals surface area (Å²) in [6.07, 6.45) is 15.2. The van der Waals surface area contributed by atoms with E-state index in [1.165, 1.54) is 5.57 Å².